The summed E-state index contributed by atoms with van der Waals surface area (Å²) in [6.45, 7) is 7.19. The van der Waals surface area contributed by atoms with Crippen molar-refractivity contribution in [2.75, 3.05) is 26.7 Å². The molecule has 5 heteroatoms. The van der Waals surface area contributed by atoms with Crippen molar-refractivity contribution in [1.29, 1.82) is 0 Å². The van der Waals surface area contributed by atoms with Gasteiger partial charge >= 0.3 is 0 Å². The van der Waals surface area contributed by atoms with Crippen LogP contribution in [0.2, 0.25) is 0 Å². The number of hydrogen-bond donors (Lipinski definition) is 2. The van der Waals surface area contributed by atoms with E-state index in [1.54, 1.807) is 7.05 Å². The van der Waals surface area contributed by atoms with Crippen LogP contribution in [0.25, 0.3) is 0 Å². The van der Waals surface area contributed by atoms with E-state index < -0.39 is 0 Å². The van der Waals surface area contributed by atoms with E-state index >= 15 is 0 Å². The summed E-state index contributed by atoms with van der Waals surface area (Å²) in [5.74, 6) is 2.54. The largest absolute Gasteiger partial charge is 0.359 e. The zero-order valence-corrected chi connectivity index (χ0v) is 13.0. The number of rotatable bonds is 4. The lowest BCUT2D eigenvalue weighted by Crippen LogP contribution is -2.47. The molecule has 0 aromatic rings. The highest BCUT2D eigenvalue weighted by molar-refractivity contribution is 5.81. The molecule has 0 spiro atoms. The lowest BCUT2D eigenvalue weighted by Gasteiger charge is -2.34. The summed E-state index contributed by atoms with van der Waals surface area (Å²) in [6.07, 6.45) is 4.09. The number of likely N-dealkylation sites (tertiary alicyclic amines) is 1. The maximum Gasteiger partial charge on any atom is 0.220 e. The number of hydrogen-bond acceptors (Lipinski definition) is 2. The zero-order chi connectivity index (χ0) is 14.5. The van der Waals surface area contributed by atoms with E-state index in [0.29, 0.717) is 18.4 Å². The molecule has 2 atom stereocenters. The van der Waals surface area contributed by atoms with Crippen molar-refractivity contribution in [3.63, 3.8) is 0 Å². The van der Waals surface area contributed by atoms with Crippen LogP contribution in [0.3, 0.4) is 0 Å². The fourth-order valence-corrected chi connectivity index (χ4v) is 2.79. The summed E-state index contributed by atoms with van der Waals surface area (Å²) < 4.78 is 0. The van der Waals surface area contributed by atoms with E-state index in [1.807, 2.05) is 0 Å². The Morgan fingerprint density at radius 1 is 1.35 bits per heavy atom. The van der Waals surface area contributed by atoms with E-state index in [1.165, 1.54) is 6.42 Å². The van der Waals surface area contributed by atoms with Gasteiger partial charge in [0.25, 0.3) is 0 Å². The molecule has 1 saturated heterocycles. The molecule has 1 amide bonds. The molecular weight excluding hydrogens is 252 g/mol. The standard InChI is InChI=1S/C15H28N4O/c1-4-17-15(18-13-9-11(13)2)19-7-5-12(6-8-19)10-14(20)16-3/h11-13H,4-10H2,1-3H3,(H,16,20)(H,17,18). The Balaban J connectivity index is 1.81. The van der Waals surface area contributed by atoms with Crippen molar-refractivity contribution in [1.82, 2.24) is 15.5 Å². The van der Waals surface area contributed by atoms with Crippen LogP contribution in [-0.4, -0.2) is 49.5 Å². The molecule has 1 aliphatic carbocycles. The predicted octanol–water partition coefficient (Wildman–Crippen LogP) is 1.21. The van der Waals surface area contributed by atoms with E-state index in [9.17, 15) is 4.79 Å². The third-order valence-electron chi connectivity index (χ3n) is 4.40. The van der Waals surface area contributed by atoms with Crippen molar-refractivity contribution in [3.05, 3.63) is 0 Å². The topological polar surface area (TPSA) is 56.7 Å². The van der Waals surface area contributed by atoms with Gasteiger partial charge in [-0.3, -0.25) is 9.79 Å². The second kappa shape index (κ2) is 6.95. The number of aliphatic imine (C=N–C) groups is 1. The Morgan fingerprint density at radius 2 is 2.00 bits per heavy atom. The van der Waals surface area contributed by atoms with Crippen LogP contribution in [0, 0.1) is 11.8 Å². The molecule has 0 aromatic heterocycles. The van der Waals surface area contributed by atoms with E-state index in [-0.39, 0.29) is 5.91 Å². The quantitative estimate of drug-likeness (QED) is 0.601. The van der Waals surface area contributed by atoms with E-state index in [4.69, 9.17) is 0 Å². The highest BCUT2D eigenvalue weighted by Crippen LogP contribution is 2.29. The van der Waals surface area contributed by atoms with Crippen molar-refractivity contribution < 1.29 is 4.79 Å². The molecule has 5 nitrogen and oxygen atoms in total. The average molecular weight is 280 g/mol. The fraction of sp³-hybridized carbons (Fsp3) is 0.867. The number of piperidine rings is 1. The molecule has 0 bridgehead atoms. The van der Waals surface area contributed by atoms with Crippen molar-refractivity contribution >= 4 is 11.9 Å². The first-order valence-electron chi connectivity index (χ1n) is 7.90. The zero-order valence-electron chi connectivity index (χ0n) is 13.0. The van der Waals surface area contributed by atoms with Crippen LogP contribution in [0.1, 0.15) is 39.5 Å². The minimum Gasteiger partial charge on any atom is -0.359 e. The first-order chi connectivity index (χ1) is 9.63. The Kier molecular flexibility index (Phi) is 5.26. The van der Waals surface area contributed by atoms with Gasteiger partial charge in [-0.25, -0.2) is 0 Å². The third kappa shape index (κ3) is 4.12. The van der Waals surface area contributed by atoms with Gasteiger partial charge in [0.15, 0.2) is 5.96 Å². The van der Waals surface area contributed by atoms with Crippen LogP contribution >= 0.6 is 0 Å². The fourth-order valence-electron chi connectivity index (χ4n) is 2.79. The van der Waals surface area contributed by atoms with Crippen molar-refractivity contribution in [2.45, 2.75) is 45.6 Å². The Bertz CT molecular complexity index is 361. The lowest BCUT2D eigenvalue weighted by molar-refractivity contribution is -0.121. The van der Waals surface area contributed by atoms with Gasteiger partial charge in [-0.1, -0.05) is 6.92 Å². The number of nitrogens with zero attached hydrogens (tertiary/aromatic N) is 2. The molecular formula is C15H28N4O. The van der Waals surface area contributed by atoms with Crippen molar-refractivity contribution in [3.8, 4) is 0 Å². The summed E-state index contributed by atoms with van der Waals surface area (Å²) in [5.41, 5.74) is 0. The highest BCUT2D eigenvalue weighted by Gasteiger charge is 2.34. The molecule has 2 aliphatic rings. The van der Waals surface area contributed by atoms with Gasteiger partial charge in [-0.15, -0.1) is 0 Å². The monoisotopic (exact) mass is 280 g/mol. The molecule has 0 radical (unpaired) electrons. The maximum absolute atomic E-state index is 11.4. The molecule has 1 aliphatic heterocycles. The number of nitrogens with one attached hydrogen (secondary N) is 2. The van der Waals surface area contributed by atoms with Crippen molar-refractivity contribution in [2.24, 2.45) is 16.8 Å². The number of carbonyl (C=O) groups excluding carboxylic acids is 1. The van der Waals surface area contributed by atoms with Gasteiger partial charge in [0, 0.05) is 39.1 Å². The summed E-state index contributed by atoms with van der Waals surface area (Å²) in [7, 11) is 1.71. The number of guanidine groups is 1. The Morgan fingerprint density at radius 3 is 2.50 bits per heavy atom. The SMILES string of the molecule is CCN=C(NC1CC1C)N1CCC(CC(=O)NC)CC1. The minimum atomic E-state index is 0.163. The number of amides is 1. The second-order valence-corrected chi connectivity index (χ2v) is 6.07. The van der Waals surface area contributed by atoms with Gasteiger partial charge in [0.05, 0.1) is 0 Å². The Hall–Kier alpha value is -1.26. The summed E-state index contributed by atoms with van der Waals surface area (Å²) >= 11 is 0. The van der Waals surface area contributed by atoms with E-state index in [2.05, 4.69) is 34.4 Å². The molecule has 2 N–H and O–H groups in total. The van der Waals surface area contributed by atoms with Gasteiger partial charge < -0.3 is 15.5 Å². The first-order valence-corrected chi connectivity index (χ1v) is 7.90. The molecule has 114 valence electrons. The van der Waals surface area contributed by atoms with Gasteiger partial charge in [0.1, 0.15) is 0 Å². The van der Waals surface area contributed by atoms with Crippen LogP contribution in [-0.2, 0) is 4.79 Å². The van der Waals surface area contributed by atoms with Crippen LogP contribution in [0.5, 0.6) is 0 Å². The smallest absolute Gasteiger partial charge is 0.220 e. The van der Waals surface area contributed by atoms with Gasteiger partial charge in [0.2, 0.25) is 5.91 Å². The number of carbonyl (C=O) groups is 1. The molecule has 1 heterocycles. The summed E-state index contributed by atoms with van der Waals surface area (Å²) in [5, 5.41) is 6.29. The molecule has 20 heavy (non-hydrogen) atoms. The molecule has 2 unspecified atom stereocenters. The van der Waals surface area contributed by atoms with Gasteiger partial charge in [-0.05, 0) is 38.0 Å². The normalized spacial score (nSPS) is 27.4. The summed E-state index contributed by atoms with van der Waals surface area (Å²) in [4.78, 5) is 18.4. The molecule has 0 aromatic carbocycles. The highest BCUT2D eigenvalue weighted by atomic mass is 16.1. The molecule has 2 fully saturated rings. The maximum atomic E-state index is 11.4. The van der Waals surface area contributed by atoms with E-state index in [0.717, 1.165) is 44.4 Å². The third-order valence-corrected chi connectivity index (χ3v) is 4.40. The molecule has 1 saturated carbocycles. The van der Waals surface area contributed by atoms with Gasteiger partial charge in [-0.2, -0.15) is 0 Å². The second-order valence-electron chi connectivity index (χ2n) is 6.07. The lowest BCUT2D eigenvalue weighted by atomic mass is 9.93. The predicted molar refractivity (Wildman–Crippen MR) is 81.7 cm³/mol. The summed E-state index contributed by atoms with van der Waals surface area (Å²) in [6, 6.07) is 0.615. The van der Waals surface area contributed by atoms with Crippen LogP contribution in [0.4, 0.5) is 0 Å². The van der Waals surface area contributed by atoms with Crippen LogP contribution in [0.15, 0.2) is 4.99 Å². The molecule has 2 rings (SSSR count). The Labute approximate surface area is 122 Å². The average Bonchev–Trinajstić information content (AvgIpc) is 3.14. The first kappa shape index (κ1) is 15.1. The van der Waals surface area contributed by atoms with Crippen LogP contribution < -0.4 is 10.6 Å². The minimum absolute atomic E-state index is 0.163.